The smallest absolute Gasteiger partial charge is 0.146 e. The topological polar surface area (TPSA) is 57.5 Å². The molecule has 21 heavy (non-hydrogen) atoms. The molecule has 6 heteroatoms. The van der Waals surface area contributed by atoms with Crippen molar-refractivity contribution in [3.63, 3.8) is 0 Å². The summed E-state index contributed by atoms with van der Waals surface area (Å²) in [5, 5.41) is 3.33. The third kappa shape index (κ3) is 2.72. The molecule has 1 unspecified atom stereocenters. The zero-order valence-corrected chi connectivity index (χ0v) is 12.2. The average molecular weight is 289 g/mol. The molecule has 3 rings (SSSR count). The first-order chi connectivity index (χ1) is 10.3. The Balaban J connectivity index is 1.99. The molecule has 6 nitrogen and oxygen atoms in total. The minimum absolute atomic E-state index is 0.00643. The van der Waals surface area contributed by atoms with Gasteiger partial charge in [-0.25, -0.2) is 4.98 Å². The zero-order chi connectivity index (χ0) is 14.7. The maximum atomic E-state index is 5.81. The molecule has 112 valence electrons. The lowest BCUT2D eigenvalue weighted by molar-refractivity contribution is 0.0240. The number of ether oxygens (including phenoxy) is 3. The highest BCUT2D eigenvalue weighted by molar-refractivity contribution is 5.51. The lowest BCUT2D eigenvalue weighted by Gasteiger charge is -2.25. The molecule has 0 bridgehead atoms. The number of morpholine rings is 1. The highest BCUT2D eigenvalue weighted by atomic mass is 16.5. The minimum atomic E-state index is -0.00643. The first kappa shape index (κ1) is 13.9. The number of rotatable bonds is 4. The van der Waals surface area contributed by atoms with Gasteiger partial charge in [0.1, 0.15) is 17.6 Å². The minimum Gasteiger partial charge on any atom is -0.497 e. The lowest BCUT2D eigenvalue weighted by atomic mass is 10.2. The van der Waals surface area contributed by atoms with Crippen molar-refractivity contribution in [1.82, 2.24) is 14.9 Å². The van der Waals surface area contributed by atoms with Crippen LogP contribution in [0.3, 0.4) is 0 Å². The maximum Gasteiger partial charge on any atom is 0.146 e. The van der Waals surface area contributed by atoms with E-state index in [0.717, 1.165) is 36.0 Å². The van der Waals surface area contributed by atoms with Crippen LogP contribution in [0.25, 0.3) is 5.69 Å². The van der Waals surface area contributed by atoms with Gasteiger partial charge in [0.25, 0.3) is 0 Å². The molecule has 0 spiro atoms. The van der Waals surface area contributed by atoms with Crippen molar-refractivity contribution in [2.75, 3.05) is 33.9 Å². The molecule has 1 aromatic heterocycles. The fourth-order valence-electron chi connectivity index (χ4n) is 2.48. The summed E-state index contributed by atoms with van der Waals surface area (Å²) in [4.78, 5) is 4.26. The third-order valence-electron chi connectivity index (χ3n) is 3.57. The van der Waals surface area contributed by atoms with Gasteiger partial charge in [-0.3, -0.25) is 4.57 Å². The predicted octanol–water partition coefficient (Wildman–Crippen LogP) is 1.55. The van der Waals surface area contributed by atoms with Crippen LogP contribution < -0.4 is 14.8 Å². The molecule has 0 aliphatic carbocycles. The second-order valence-corrected chi connectivity index (χ2v) is 4.79. The fraction of sp³-hybridized carbons (Fsp3) is 0.400. The Kier molecular flexibility index (Phi) is 4.08. The van der Waals surface area contributed by atoms with Gasteiger partial charge in [-0.2, -0.15) is 0 Å². The van der Waals surface area contributed by atoms with Crippen LogP contribution in [0.5, 0.6) is 11.5 Å². The molecule has 1 N–H and O–H groups in total. The van der Waals surface area contributed by atoms with Crippen molar-refractivity contribution >= 4 is 0 Å². The van der Waals surface area contributed by atoms with E-state index in [1.807, 2.05) is 29.0 Å². The summed E-state index contributed by atoms with van der Waals surface area (Å²) >= 11 is 0. The highest BCUT2D eigenvalue weighted by Crippen LogP contribution is 2.30. The van der Waals surface area contributed by atoms with Gasteiger partial charge in [0.2, 0.25) is 0 Å². The molecule has 0 radical (unpaired) electrons. The van der Waals surface area contributed by atoms with E-state index < -0.39 is 0 Å². The molecular weight excluding hydrogens is 270 g/mol. The second kappa shape index (κ2) is 6.15. The molecule has 2 aromatic rings. The number of nitrogens with zero attached hydrogens (tertiary/aromatic N) is 2. The van der Waals surface area contributed by atoms with Crippen LogP contribution in [0.15, 0.2) is 30.7 Å². The van der Waals surface area contributed by atoms with Gasteiger partial charge in [-0.05, 0) is 12.1 Å². The van der Waals surface area contributed by atoms with Gasteiger partial charge in [0, 0.05) is 19.2 Å². The van der Waals surface area contributed by atoms with Crippen molar-refractivity contribution in [2.45, 2.75) is 6.10 Å². The van der Waals surface area contributed by atoms with Crippen LogP contribution in [0.4, 0.5) is 0 Å². The molecule has 1 fully saturated rings. The normalized spacial score (nSPS) is 18.5. The van der Waals surface area contributed by atoms with E-state index >= 15 is 0 Å². The molecule has 1 aromatic carbocycles. The van der Waals surface area contributed by atoms with Crippen LogP contribution in [0.1, 0.15) is 11.8 Å². The zero-order valence-electron chi connectivity index (χ0n) is 12.2. The first-order valence-corrected chi connectivity index (χ1v) is 6.90. The Bertz CT molecular complexity index is 606. The monoisotopic (exact) mass is 289 g/mol. The van der Waals surface area contributed by atoms with Crippen LogP contribution in [0, 0.1) is 0 Å². The van der Waals surface area contributed by atoms with E-state index in [-0.39, 0.29) is 6.10 Å². The Hall–Kier alpha value is -2.05. The maximum absolute atomic E-state index is 5.81. The van der Waals surface area contributed by atoms with Gasteiger partial charge in [0.15, 0.2) is 0 Å². The highest BCUT2D eigenvalue weighted by Gasteiger charge is 2.21. The summed E-state index contributed by atoms with van der Waals surface area (Å²) in [6.45, 7) is 2.37. The number of benzene rings is 1. The van der Waals surface area contributed by atoms with Gasteiger partial charge in [0.05, 0.1) is 44.7 Å². The summed E-state index contributed by atoms with van der Waals surface area (Å²) in [6, 6.07) is 5.72. The first-order valence-electron chi connectivity index (χ1n) is 6.90. The van der Waals surface area contributed by atoms with Crippen molar-refractivity contribution in [1.29, 1.82) is 0 Å². The predicted molar refractivity (Wildman–Crippen MR) is 78.2 cm³/mol. The summed E-state index contributed by atoms with van der Waals surface area (Å²) in [5.74, 6) is 1.49. The van der Waals surface area contributed by atoms with Gasteiger partial charge >= 0.3 is 0 Å². The van der Waals surface area contributed by atoms with E-state index in [1.165, 1.54) is 0 Å². The van der Waals surface area contributed by atoms with Gasteiger partial charge in [-0.1, -0.05) is 0 Å². The Morgan fingerprint density at radius 2 is 2.24 bits per heavy atom. The van der Waals surface area contributed by atoms with Crippen LogP contribution in [0.2, 0.25) is 0 Å². The molecule has 0 amide bonds. The Morgan fingerprint density at radius 3 is 2.95 bits per heavy atom. The number of hydrogen-bond donors (Lipinski definition) is 1. The van der Waals surface area contributed by atoms with E-state index in [9.17, 15) is 0 Å². The summed E-state index contributed by atoms with van der Waals surface area (Å²) in [6.07, 6.45) is 3.60. The molecule has 2 heterocycles. The van der Waals surface area contributed by atoms with E-state index in [4.69, 9.17) is 14.2 Å². The second-order valence-electron chi connectivity index (χ2n) is 4.79. The van der Waals surface area contributed by atoms with Gasteiger partial charge < -0.3 is 19.5 Å². The molecular formula is C15H19N3O3. The van der Waals surface area contributed by atoms with Crippen molar-refractivity contribution in [3.8, 4) is 17.2 Å². The van der Waals surface area contributed by atoms with Crippen molar-refractivity contribution in [3.05, 3.63) is 36.4 Å². The number of imidazole rings is 1. The number of hydrogen-bond acceptors (Lipinski definition) is 5. The third-order valence-corrected chi connectivity index (χ3v) is 3.57. The van der Waals surface area contributed by atoms with E-state index in [1.54, 1.807) is 20.5 Å². The van der Waals surface area contributed by atoms with Crippen molar-refractivity contribution in [2.24, 2.45) is 0 Å². The van der Waals surface area contributed by atoms with Gasteiger partial charge in [-0.15, -0.1) is 0 Å². The molecule has 1 saturated heterocycles. The SMILES string of the molecule is COc1ccc(-n2cncc2C2CNCCO2)c(OC)c1. The van der Waals surface area contributed by atoms with Crippen LogP contribution in [-0.4, -0.2) is 43.5 Å². The summed E-state index contributed by atoms with van der Waals surface area (Å²) in [5.41, 5.74) is 1.92. The Morgan fingerprint density at radius 1 is 1.33 bits per heavy atom. The number of methoxy groups -OCH3 is 2. The van der Waals surface area contributed by atoms with Crippen LogP contribution >= 0.6 is 0 Å². The summed E-state index contributed by atoms with van der Waals surface area (Å²) < 4.78 is 18.5. The standard InChI is InChI=1S/C15H19N3O3/c1-19-11-3-4-12(14(7-11)20-2)18-10-17-8-13(18)15-9-16-5-6-21-15/h3-4,7-8,10,15-16H,5-6,9H2,1-2H3. The quantitative estimate of drug-likeness (QED) is 0.925. The molecule has 1 atom stereocenters. The largest absolute Gasteiger partial charge is 0.497 e. The number of aromatic nitrogens is 2. The number of nitrogens with one attached hydrogen (secondary N) is 1. The average Bonchev–Trinajstić information content (AvgIpc) is 3.04. The Labute approximate surface area is 123 Å². The van der Waals surface area contributed by atoms with Crippen molar-refractivity contribution < 1.29 is 14.2 Å². The van der Waals surface area contributed by atoms with Crippen LogP contribution in [-0.2, 0) is 4.74 Å². The van der Waals surface area contributed by atoms with E-state index in [2.05, 4.69) is 10.3 Å². The molecule has 1 aliphatic rings. The molecule has 1 aliphatic heterocycles. The van der Waals surface area contributed by atoms with E-state index in [0.29, 0.717) is 6.61 Å². The lowest BCUT2D eigenvalue weighted by Crippen LogP contribution is -2.34. The molecule has 0 saturated carbocycles. The summed E-state index contributed by atoms with van der Waals surface area (Å²) in [7, 11) is 3.28. The fourth-order valence-corrected chi connectivity index (χ4v) is 2.48.